The molecule has 0 saturated heterocycles. The Morgan fingerprint density at radius 2 is 2.04 bits per heavy atom. The maximum Gasteiger partial charge on any atom is 0.329 e. The fourth-order valence-electron chi connectivity index (χ4n) is 2.62. The molecule has 3 rings (SSSR count). The van der Waals surface area contributed by atoms with Crippen LogP contribution < -0.4 is 16.7 Å². The summed E-state index contributed by atoms with van der Waals surface area (Å²) in [7, 11) is 1.57. The summed E-state index contributed by atoms with van der Waals surface area (Å²) in [5, 5.41) is 4.13. The summed E-state index contributed by atoms with van der Waals surface area (Å²) >= 11 is 0. The Labute approximate surface area is 149 Å². The second-order valence-corrected chi connectivity index (χ2v) is 5.74. The van der Waals surface area contributed by atoms with Crippen molar-refractivity contribution in [2.24, 2.45) is 12.1 Å². The van der Waals surface area contributed by atoms with Crippen LogP contribution in [0.3, 0.4) is 0 Å². The Hall–Kier alpha value is -3.42. The van der Waals surface area contributed by atoms with E-state index in [9.17, 15) is 9.59 Å². The molecular formula is C18H20N6O2. The molecule has 0 aliphatic heterocycles. The molecule has 0 unspecified atom stereocenters. The van der Waals surface area contributed by atoms with Gasteiger partial charge in [-0.05, 0) is 18.1 Å². The van der Waals surface area contributed by atoms with Crippen LogP contribution in [-0.2, 0) is 13.6 Å². The molecule has 0 aliphatic carbocycles. The topological polar surface area (TPSA) is 97.1 Å². The van der Waals surface area contributed by atoms with Crippen LogP contribution in [0, 0.1) is 0 Å². The van der Waals surface area contributed by atoms with Gasteiger partial charge in [0.05, 0.1) is 0 Å². The molecule has 0 atom stereocenters. The van der Waals surface area contributed by atoms with Crippen molar-refractivity contribution in [3.63, 3.8) is 0 Å². The van der Waals surface area contributed by atoms with Gasteiger partial charge in [-0.3, -0.25) is 14.3 Å². The number of rotatable bonds is 6. The predicted octanol–water partition coefficient (Wildman–Crippen LogP) is 1.94. The molecule has 26 heavy (non-hydrogen) atoms. The van der Waals surface area contributed by atoms with Crippen molar-refractivity contribution >= 4 is 29.4 Å². The van der Waals surface area contributed by atoms with Crippen molar-refractivity contribution in [2.45, 2.75) is 19.9 Å². The summed E-state index contributed by atoms with van der Waals surface area (Å²) in [5.74, 6) is 0.415. The number of hydrazone groups is 1. The fraction of sp³-hybridized carbons (Fsp3) is 0.222. The lowest BCUT2D eigenvalue weighted by atomic mass is 10.2. The number of aryl methyl sites for hydroxylation is 2. The van der Waals surface area contributed by atoms with Gasteiger partial charge in [0, 0.05) is 19.8 Å². The second kappa shape index (κ2) is 7.64. The van der Waals surface area contributed by atoms with Crippen molar-refractivity contribution < 1.29 is 0 Å². The van der Waals surface area contributed by atoms with E-state index in [-0.39, 0.29) is 0 Å². The number of fused-ring (bicyclic) bond motifs is 1. The highest BCUT2D eigenvalue weighted by molar-refractivity contribution is 5.79. The molecule has 0 spiro atoms. The molecule has 0 aliphatic rings. The van der Waals surface area contributed by atoms with Crippen LogP contribution in [-0.4, -0.2) is 25.3 Å². The minimum Gasteiger partial charge on any atom is -0.303 e. The number of nitrogens with zero attached hydrogens (tertiary/aromatic N) is 4. The van der Waals surface area contributed by atoms with Gasteiger partial charge in [-0.15, -0.1) is 0 Å². The van der Waals surface area contributed by atoms with Gasteiger partial charge in [-0.25, -0.2) is 10.2 Å². The van der Waals surface area contributed by atoms with Gasteiger partial charge in [0.2, 0.25) is 5.95 Å². The number of nitrogens with one attached hydrogen (secondary N) is 2. The van der Waals surface area contributed by atoms with E-state index in [2.05, 4.69) is 20.5 Å². The van der Waals surface area contributed by atoms with Crippen LogP contribution in [0.15, 0.2) is 51.1 Å². The molecule has 0 saturated carbocycles. The highest BCUT2D eigenvalue weighted by atomic mass is 16.2. The summed E-state index contributed by atoms with van der Waals surface area (Å²) in [6.45, 7) is 2.58. The molecule has 0 amide bonds. The normalized spacial score (nSPS) is 11.8. The highest BCUT2D eigenvalue weighted by Crippen LogP contribution is 2.15. The average molecular weight is 352 g/mol. The standard InChI is InChI=1S/C18H20N6O2/c1-3-12-24-14-15(23(2)18(26)21-16(14)25)20-17(24)22-19-11-7-10-13-8-5-4-6-9-13/h4-11H,3,12H2,1-2H3,(H,20,22)(H,21,25,26)/b10-7+,19-11?. The van der Waals surface area contributed by atoms with Crippen LogP contribution >= 0.6 is 0 Å². The quantitative estimate of drug-likeness (QED) is 0.523. The molecule has 2 N–H and O–H groups in total. The van der Waals surface area contributed by atoms with Gasteiger partial charge in [-0.2, -0.15) is 10.1 Å². The number of aromatic nitrogens is 4. The number of hydrogen-bond acceptors (Lipinski definition) is 5. The molecule has 0 bridgehead atoms. The molecule has 3 aromatic rings. The molecular weight excluding hydrogens is 332 g/mol. The predicted molar refractivity (Wildman–Crippen MR) is 103 cm³/mol. The van der Waals surface area contributed by atoms with Crippen molar-refractivity contribution in [2.75, 3.05) is 5.43 Å². The highest BCUT2D eigenvalue weighted by Gasteiger charge is 2.16. The Morgan fingerprint density at radius 3 is 2.77 bits per heavy atom. The van der Waals surface area contributed by atoms with Crippen molar-refractivity contribution in [1.29, 1.82) is 0 Å². The van der Waals surface area contributed by atoms with Crippen LogP contribution in [0.25, 0.3) is 17.2 Å². The zero-order chi connectivity index (χ0) is 18.5. The molecule has 0 radical (unpaired) electrons. The molecule has 2 heterocycles. The SMILES string of the molecule is CCCn1c(NN=C/C=C/c2ccccc2)nc2c1c(=O)[nH]c(=O)n2C. The Kier molecular flexibility index (Phi) is 5.12. The van der Waals surface area contributed by atoms with E-state index in [0.29, 0.717) is 23.7 Å². The number of hydrogen-bond donors (Lipinski definition) is 2. The van der Waals surface area contributed by atoms with Crippen molar-refractivity contribution in [3.05, 3.63) is 62.8 Å². The lowest BCUT2D eigenvalue weighted by molar-refractivity contribution is 0.698. The molecule has 8 nitrogen and oxygen atoms in total. The minimum absolute atomic E-state index is 0.324. The van der Waals surface area contributed by atoms with E-state index in [1.165, 1.54) is 4.57 Å². The van der Waals surface area contributed by atoms with Crippen LogP contribution in [0.1, 0.15) is 18.9 Å². The van der Waals surface area contributed by atoms with E-state index in [1.807, 2.05) is 43.3 Å². The van der Waals surface area contributed by atoms with Gasteiger partial charge < -0.3 is 4.57 Å². The second-order valence-electron chi connectivity index (χ2n) is 5.74. The first-order valence-corrected chi connectivity index (χ1v) is 8.32. The van der Waals surface area contributed by atoms with E-state index in [0.717, 1.165) is 12.0 Å². The summed E-state index contributed by atoms with van der Waals surface area (Å²) < 4.78 is 3.04. The maximum absolute atomic E-state index is 12.2. The minimum atomic E-state index is -0.496. The number of aromatic amines is 1. The first kappa shape index (κ1) is 17.4. The lowest BCUT2D eigenvalue weighted by Crippen LogP contribution is -2.29. The van der Waals surface area contributed by atoms with Gasteiger partial charge >= 0.3 is 5.69 Å². The zero-order valence-corrected chi connectivity index (χ0v) is 14.6. The summed E-state index contributed by atoms with van der Waals surface area (Å²) in [5.41, 5.74) is 3.65. The van der Waals surface area contributed by atoms with Crippen LogP contribution in [0.4, 0.5) is 5.95 Å². The van der Waals surface area contributed by atoms with Gasteiger partial charge in [0.15, 0.2) is 11.2 Å². The monoisotopic (exact) mass is 352 g/mol. The van der Waals surface area contributed by atoms with E-state index < -0.39 is 11.2 Å². The molecule has 8 heteroatoms. The zero-order valence-electron chi connectivity index (χ0n) is 14.6. The van der Waals surface area contributed by atoms with Gasteiger partial charge in [0.25, 0.3) is 5.56 Å². The number of benzene rings is 1. The van der Waals surface area contributed by atoms with Gasteiger partial charge in [-0.1, -0.05) is 43.3 Å². The van der Waals surface area contributed by atoms with Crippen LogP contribution in [0.2, 0.25) is 0 Å². The van der Waals surface area contributed by atoms with Crippen molar-refractivity contribution in [1.82, 2.24) is 19.1 Å². The third kappa shape index (κ3) is 3.49. The Bertz CT molecular complexity index is 1070. The number of imidazole rings is 1. The average Bonchev–Trinajstić information content (AvgIpc) is 3.00. The third-order valence-electron chi connectivity index (χ3n) is 3.87. The van der Waals surface area contributed by atoms with E-state index in [4.69, 9.17) is 0 Å². The first-order chi connectivity index (χ1) is 12.6. The molecule has 0 fully saturated rings. The molecule has 1 aromatic carbocycles. The Morgan fingerprint density at radius 1 is 1.27 bits per heavy atom. The number of anilines is 1. The van der Waals surface area contributed by atoms with Crippen molar-refractivity contribution in [3.8, 4) is 0 Å². The van der Waals surface area contributed by atoms with Crippen LogP contribution in [0.5, 0.6) is 0 Å². The smallest absolute Gasteiger partial charge is 0.303 e. The lowest BCUT2D eigenvalue weighted by Gasteiger charge is -2.05. The molecule has 2 aromatic heterocycles. The summed E-state index contributed by atoms with van der Waals surface area (Å²) in [4.78, 5) is 30.6. The summed E-state index contributed by atoms with van der Waals surface area (Å²) in [6, 6.07) is 9.87. The molecule has 134 valence electrons. The van der Waals surface area contributed by atoms with Gasteiger partial charge in [0.1, 0.15) is 0 Å². The Balaban J connectivity index is 1.89. The third-order valence-corrected chi connectivity index (χ3v) is 3.87. The largest absolute Gasteiger partial charge is 0.329 e. The van der Waals surface area contributed by atoms with E-state index >= 15 is 0 Å². The fourth-order valence-corrected chi connectivity index (χ4v) is 2.62. The summed E-state index contributed by atoms with van der Waals surface area (Å²) in [6.07, 6.45) is 6.14. The van der Waals surface area contributed by atoms with E-state index in [1.54, 1.807) is 23.9 Å². The number of H-pyrrole nitrogens is 1. The number of allylic oxidation sites excluding steroid dienone is 1. The first-order valence-electron chi connectivity index (χ1n) is 8.32. The maximum atomic E-state index is 12.2.